The molecule has 0 aromatic heterocycles. The largest absolute Gasteiger partial charge is 0.147 e. The van der Waals surface area contributed by atoms with E-state index in [1.807, 2.05) is 18.2 Å². The molecule has 0 aliphatic rings. The lowest BCUT2D eigenvalue weighted by Gasteiger charge is -1.92. The minimum Gasteiger partial charge on any atom is -0.147 e. The number of halogens is 2. The first-order valence-corrected chi connectivity index (χ1v) is 3.57. The normalized spacial score (nSPS) is 8.50. The summed E-state index contributed by atoms with van der Waals surface area (Å²) in [6.45, 7) is 0. The lowest BCUT2D eigenvalue weighted by Crippen LogP contribution is -1.82. The Morgan fingerprint density at radius 3 is 2.20 bits per heavy atom. The van der Waals surface area contributed by atoms with Crippen LogP contribution in [0.3, 0.4) is 0 Å². The standard InChI is InChI=1S/C8H9Cl.ClH/c9-7-6-8-4-2-1-3-5-8;/h1-5H,6-7H2;1H. The van der Waals surface area contributed by atoms with E-state index in [1.54, 1.807) is 0 Å². The van der Waals surface area contributed by atoms with Gasteiger partial charge in [-0.3, -0.25) is 0 Å². The molecule has 2 heteroatoms. The van der Waals surface area contributed by atoms with Crippen LogP contribution in [0.2, 0.25) is 0 Å². The van der Waals surface area contributed by atoms with Crippen LogP contribution in [-0.2, 0) is 6.42 Å². The van der Waals surface area contributed by atoms with Gasteiger partial charge in [-0.2, -0.15) is 0 Å². The van der Waals surface area contributed by atoms with Crippen LogP contribution in [0.5, 0.6) is 0 Å². The van der Waals surface area contributed by atoms with Gasteiger partial charge in [-0.15, -0.1) is 24.0 Å². The van der Waals surface area contributed by atoms with Gasteiger partial charge in [0.15, 0.2) is 0 Å². The van der Waals surface area contributed by atoms with E-state index >= 15 is 0 Å². The third-order valence-electron chi connectivity index (χ3n) is 1.23. The van der Waals surface area contributed by atoms with Gasteiger partial charge in [0.1, 0.15) is 0 Å². The second kappa shape index (κ2) is 5.57. The molecule has 0 saturated carbocycles. The van der Waals surface area contributed by atoms with Crippen LogP contribution >= 0.6 is 24.0 Å². The fraction of sp³-hybridized carbons (Fsp3) is 0.250. The fourth-order valence-electron chi connectivity index (χ4n) is 0.754. The lowest BCUT2D eigenvalue weighted by atomic mass is 10.2. The molecule has 0 aliphatic heterocycles. The molecule has 0 bridgehead atoms. The van der Waals surface area contributed by atoms with E-state index in [2.05, 4.69) is 12.1 Å². The Balaban J connectivity index is 0.000000810. The Bertz CT molecular complexity index is 160. The SMILES string of the molecule is Cl.ClCCc1ccccc1. The third-order valence-corrected chi connectivity index (χ3v) is 1.41. The van der Waals surface area contributed by atoms with Crippen molar-refractivity contribution in [1.82, 2.24) is 0 Å². The average molecular weight is 177 g/mol. The zero-order valence-electron chi connectivity index (χ0n) is 5.59. The Morgan fingerprint density at radius 1 is 1.10 bits per heavy atom. The molecule has 10 heavy (non-hydrogen) atoms. The summed E-state index contributed by atoms with van der Waals surface area (Å²) in [5.41, 5.74) is 1.31. The maximum absolute atomic E-state index is 5.54. The van der Waals surface area contributed by atoms with Gasteiger partial charge in [0.05, 0.1) is 0 Å². The van der Waals surface area contributed by atoms with Crippen molar-refractivity contribution >= 4 is 24.0 Å². The van der Waals surface area contributed by atoms with Crippen molar-refractivity contribution in [3.8, 4) is 0 Å². The molecule has 0 unspecified atom stereocenters. The molecule has 0 atom stereocenters. The number of aryl methyl sites for hydroxylation is 1. The summed E-state index contributed by atoms with van der Waals surface area (Å²) in [5.74, 6) is 0.712. The number of hydrogen-bond acceptors (Lipinski definition) is 0. The first-order valence-electron chi connectivity index (χ1n) is 3.03. The average Bonchev–Trinajstić information content (AvgIpc) is 1.91. The van der Waals surface area contributed by atoms with Crippen LogP contribution in [0.4, 0.5) is 0 Å². The second-order valence-electron chi connectivity index (χ2n) is 1.92. The van der Waals surface area contributed by atoms with Gasteiger partial charge in [0, 0.05) is 5.88 Å². The summed E-state index contributed by atoms with van der Waals surface area (Å²) in [7, 11) is 0. The van der Waals surface area contributed by atoms with E-state index in [9.17, 15) is 0 Å². The highest BCUT2D eigenvalue weighted by molar-refractivity contribution is 6.17. The van der Waals surface area contributed by atoms with Gasteiger partial charge in [0.2, 0.25) is 0 Å². The van der Waals surface area contributed by atoms with Gasteiger partial charge in [-0.1, -0.05) is 30.3 Å². The highest BCUT2D eigenvalue weighted by Crippen LogP contribution is 1.99. The number of alkyl halides is 1. The van der Waals surface area contributed by atoms with Crippen molar-refractivity contribution in [2.75, 3.05) is 5.88 Å². The van der Waals surface area contributed by atoms with E-state index in [0.29, 0.717) is 5.88 Å². The molecule has 56 valence electrons. The van der Waals surface area contributed by atoms with Crippen molar-refractivity contribution in [2.45, 2.75) is 6.42 Å². The molecule has 0 spiro atoms. The number of rotatable bonds is 2. The lowest BCUT2D eigenvalue weighted by molar-refractivity contribution is 1.15. The van der Waals surface area contributed by atoms with Gasteiger partial charge >= 0.3 is 0 Å². The summed E-state index contributed by atoms with van der Waals surface area (Å²) < 4.78 is 0. The van der Waals surface area contributed by atoms with E-state index in [0.717, 1.165) is 6.42 Å². The molecular formula is C8H10Cl2. The molecular weight excluding hydrogens is 167 g/mol. The highest BCUT2D eigenvalue weighted by atomic mass is 35.5. The molecule has 0 fully saturated rings. The summed E-state index contributed by atoms with van der Waals surface area (Å²) in [4.78, 5) is 0. The smallest absolute Gasteiger partial charge is 0.0263 e. The van der Waals surface area contributed by atoms with Gasteiger partial charge < -0.3 is 0 Å². The zero-order valence-corrected chi connectivity index (χ0v) is 7.16. The molecule has 0 aliphatic carbocycles. The van der Waals surface area contributed by atoms with Crippen molar-refractivity contribution in [3.63, 3.8) is 0 Å². The van der Waals surface area contributed by atoms with Crippen LogP contribution in [0, 0.1) is 0 Å². The monoisotopic (exact) mass is 176 g/mol. The summed E-state index contributed by atoms with van der Waals surface area (Å²) in [6, 6.07) is 10.2. The first-order chi connectivity index (χ1) is 4.43. The van der Waals surface area contributed by atoms with Gasteiger partial charge in [-0.25, -0.2) is 0 Å². The van der Waals surface area contributed by atoms with Gasteiger partial charge in [-0.05, 0) is 12.0 Å². The Kier molecular flexibility index (Phi) is 5.46. The van der Waals surface area contributed by atoms with Crippen molar-refractivity contribution < 1.29 is 0 Å². The number of hydrogen-bond donors (Lipinski definition) is 0. The molecule has 0 saturated heterocycles. The molecule has 0 nitrogen and oxygen atoms in total. The topological polar surface area (TPSA) is 0 Å². The van der Waals surface area contributed by atoms with Gasteiger partial charge in [0.25, 0.3) is 0 Å². The van der Waals surface area contributed by atoms with Crippen molar-refractivity contribution in [1.29, 1.82) is 0 Å². The summed E-state index contributed by atoms with van der Waals surface area (Å²) >= 11 is 5.54. The first kappa shape index (κ1) is 9.80. The Labute approximate surface area is 72.6 Å². The molecule has 0 amide bonds. The molecule has 0 N–H and O–H groups in total. The summed E-state index contributed by atoms with van der Waals surface area (Å²) in [5, 5.41) is 0. The predicted molar refractivity (Wildman–Crippen MR) is 48.1 cm³/mol. The predicted octanol–water partition coefficient (Wildman–Crippen LogP) is 2.89. The van der Waals surface area contributed by atoms with Crippen LogP contribution in [0.15, 0.2) is 30.3 Å². The van der Waals surface area contributed by atoms with Crippen LogP contribution in [0.1, 0.15) is 5.56 Å². The van der Waals surface area contributed by atoms with Crippen LogP contribution < -0.4 is 0 Å². The number of benzene rings is 1. The van der Waals surface area contributed by atoms with Crippen LogP contribution in [0.25, 0.3) is 0 Å². The van der Waals surface area contributed by atoms with Crippen LogP contribution in [-0.4, -0.2) is 5.88 Å². The maximum atomic E-state index is 5.54. The fourth-order valence-corrected chi connectivity index (χ4v) is 0.972. The second-order valence-corrected chi connectivity index (χ2v) is 2.30. The molecule has 0 radical (unpaired) electrons. The minimum absolute atomic E-state index is 0. The van der Waals surface area contributed by atoms with Crippen molar-refractivity contribution in [3.05, 3.63) is 35.9 Å². The Hall–Kier alpha value is -0.200. The quantitative estimate of drug-likeness (QED) is 0.609. The molecule has 1 aromatic carbocycles. The van der Waals surface area contributed by atoms with Crippen molar-refractivity contribution in [2.24, 2.45) is 0 Å². The minimum atomic E-state index is 0. The summed E-state index contributed by atoms with van der Waals surface area (Å²) in [6.07, 6.45) is 0.975. The van der Waals surface area contributed by atoms with E-state index in [-0.39, 0.29) is 12.4 Å². The third kappa shape index (κ3) is 3.09. The van der Waals surface area contributed by atoms with E-state index in [4.69, 9.17) is 11.6 Å². The Morgan fingerprint density at radius 2 is 1.70 bits per heavy atom. The zero-order chi connectivity index (χ0) is 6.53. The molecule has 0 heterocycles. The maximum Gasteiger partial charge on any atom is 0.0263 e. The van der Waals surface area contributed by atoms with E-state index < -0.39 is 0 Å². The van der Waals surface area contributed by atoms with E-state index in [1.165, 1.54) is 5.56 Å². The molecule has 1 rings (SSSR count). The highest BCUT2D eigenvalue weighted by Gasteiger charge is 1.85. The molecule has 1 aromatic rings.